The van der Waals surface area contributed by atoms with Crippen molar-refractivity contribution in [2.24, 2.45) is 0 Å². The molecule has 1 aliphatic heterocycles. The minimum Gasteiger partial charge on any atom is -0.345 e. The Labute approximate surface area is 189 Å². The second-order valence-electron chi connectivity index (χ2n) is 7.66. The van der Waals surface area contributed by atoms with Crippen molar-refractivity contribution in [2.75, 3.05) is 36.8 Å². The highest BCUT2D eigenvalue weighted by atomic mass is 32.2. The fourth-order valence-electron chi connectivity index (χ4n) is 3.54. The van der Waals surface area contributed by atoms with E-state index < -0.39 is 14.8 Å². The molecular weight excluding hydrogens is 452 g/mol. The molecule has 1 amide bonds. The average Bonchev–Trinajstić information content (AvgIpc) is 3.21. The van der Waals surface area contributed by atoms with Crippen LogP contribution in [0.25, 0.3) is 10.2 Å². The van der Waals surface area contributed by atoms with Crippen molar-refractivity contribution in [3.05, 3.63) is 58.1 Å². The van der Waals surface area contributed by atoms with E-state index in [9.17, 15) is 23.3 Å². The van der Waals surface area contributed by atoms with Crippen molar-refractivity contribution in [1.29, 1.82) is 0 Å². The van der Waals surface area contributed by atoms with Crippen LogP contribution in [0.5, 0.6) is 0 Å². The van der Waals surface area contributed by atoms with Gasteiger partial charge in [0.1, 0.15) is 0 Å². The Morgan fingerprint density at radius 1 is 1.12 bits per heavy atom. The van der Waals surface area contributed by atoms with Gasteiger partial charge in [0.05, 0.1) is 25.8 Å². The molecule has 168 valence electrons. The number of nitro benzene ring substituents is 1. The lowest BCUT2D eigenvalue weighted by atomic mass is 10.2. The Hall–Kier alpha value is -3.05. The summed E-state index contributed by atoms with van der Waals surface area (Å²) in [6.07, 6.45) is -0.0545. The van der Waals surface area contributed by atoms with Crippen LogP contribution < -0.4 is 4.90 Å². The second-order valence-corrected chi connectivity index (χ2v) is 10.8. The molecule has 11 heteroatoms. The highest BCUT2D eigenvalue weighted by Crippen LogP contribution is 2.31. The van der Waals surface area contributed by atoms with Crippen LogP contribution in [0.2, 0.25) is 0 Å². The predicted octanol–water partition coefficient (Wildman–Crippen LogP) is 3.03. The fraction of sp³-hybridized carbons (Fsp3) is 0.333. The number of fused-ring (bicyclic) bond motifs is 1. The quantitative estimate of drug-likeness (QED) is 0.398. The molecule has 1 fully saturated rings. The number of amides is 1. The number of hydrogen-bond donors (Lipinski definition) is 0. The fourth-order valence-corrected chi connectivity index (χ4v) is 5.82. The number of sulfone groups is 1. The number of carbonyl (C=O) groups is 1. The van der Waals surface area contributed by atoms with Gasteiger partial charge in [-0.25, -0.2) is 13.4 Å². The molecule has 32 heavy (non-hydrogen) atoms. The first-order chi connectivity index (χ1) is 15.2. The number of nitrogens with zero attached hydrogens (tertiary/aromatic N) is 4. The maximum absolute atomic E-state index is 12.6. The molecule has 3 aromatic rings. The first-order valence-electron chi connectivity index (χ1n) is 10.1. The molecule has 1 aromatic heterocycles. The smallest absolute Gasteiger partial charge is 0.270 e. The number of rotatable bonds is 6. The summed E-state index contributed by atoms with van der Waals surface area (Å²) in [5.41, 5.74) is 1.71. The van der Waals surface area contributed by atoms with Gasteiger partial charge in [-0.3, -0.25) is 14.9 Å². The molecule has 0 atom stereocenters. The molecule has 9 nitrogen and oxygen atoms in total. The molecule has 1 saturated heterocycles. The summed E-state index contributed by atoms with van der Waals surface area (Å²) in [5, 5.41) is 11.7. The third kappa shape index (κ3) is 4.73. The normalized spacial score (nSPS) is 14.7. The largest absolute Gasteiger partial charge is 0.345 e. The Kier molecular flexibility index (Phi) is 6.11. The number of thiazole rings is 1. The lowest BCUT2D eigenvalue weighted by Gasteiger charge is -2.34. The highest BCUT2D eigenvalue weighted by Gasteiger charge is 2.25. The zero-order valence-corrected chi connectivity index (χ0v) is 19.1. The van der Waals surface area contributed by atoms with Crippen LogP contribution in [-0.4, -0.2) is 61.1 Å². The zero-order valence-electron chi connectivity index (χ0n) is 17.4. The van der Waals surface area contributed by atoms with E-state index in [1.165, 1.54) is 23.5 Å². The Bertz CT molecular complexity index is 1260. The van der Waals surface area contributed by atoms with Crippen LogP contribution in [0.4, 0.5) is 10.8 Å². The number of non-ortho nitro benzene ring substituents is 1. The molecule has 2 heterocycles. The molecule has 2 aromatic carbocycles. The van der Waals surface area contributed by atoms with E-state index in [4.69, 9.17) is 0 Å². The maximum atomic E-state index is 12.6. The van der Waals surface area contributed by atoms with E-state index in [1.807, 2.05) is 11.8 Å². The topological polar surface area (TPSA) is 114 Å². The van der Waals surface area contributed by atoms with Gasteiger partial charge in [-0.15, -0.1) is 0 Å². The number of benzene rings is 2. The predicted molar refractivity (Wildman–Crippen MR) is 123 cm³/mol. The number of aryl methyl sites for hydroxylation is 1. The number of carbonyl (C=O) groups excluding carboxylic acids is 1. The summed E-state index contributed by atoms with van der Waals surface area (Å²) in [4.78, 5) is 31.6. The maximum Gasteiger partial charge on any atom is 0.270 e. The Morgan fingerprint density at radius 2 is 1.81 bits per heavy atom. The molecule has 0 bridgehead atoms. The number of hydrogen-bond acceptors (Lipinski definition) is 8. The van der Waals surface area contributed by atoms with E-state index in [0.29, 0.717) is 31.7 Å². The lowest BCUT2D eigenvalue weighted by molar-refractivity contribution is -0.384. The zero-order chi connectivity index (χ0) is 22.9. The van der Waals surface area contributed by atoms with E-state index in [2.05, 4.69) is 4.98 Å². The van der Waals surface area contributed by atoms with E-state index in [0.717, 1.165) is 15.4 Å². The standard InChI is InChI=1S/C21H22N4O5S2/c1-15-2-5-17(6-3-15)32(29,30)13-8-20(26)23-9-11-24(12-10-23)21-22-18-7-4-16(25(27)28)14-19(18)31-21/h2-7,14H,8-13H2,1H3. The van der Waals surface area contributed by atoms with E-state index in [-0.39, 0.29) is 28.7 Å². The molecular formula is C21H22N4O5S2. The number of aromatic nitrogens is 1. The number of nitro groups is 1. The summed E-state index contributed by atoms with van der Waals surface area (Å²) in [5.74, 6) is -0.397. The molecule has 0 unspecified atom stereocenters. The first-order valence-corrected chi connectivity index (χ1v) is 12.6. The Balaban J connectivity index is 1.34. The van der Waals surface area contributed by atoms with Crippen LogP contribution in [0.1, 0.15) is 12.0 Å². The van der Waals surface area contributed by atoms with E-state index in [1.54, 1.807) is 35.2 Å². The van der Waals surface area contributed by atoms with Gasteiger partial charge in [0.25, 0.3) is 5.69 Å². The van der Waals surface area contributed by atoms with Gasteiger partial charge in [-0.1, -0.05) is 29.0 Å². The highest BCUT2D eigenvalue weighted by molar-refractivity contribution is 7.91. The van der Waals surface area contributed by atoms with Gasteiger partial charge in [-0.05, 0) is 25.1 Å². The van der Waals surface area contributed by atoms with Crippen molar-refractivity contribution >= 4 is 48.1 Å². The third-order valence-electron chi connectivity index (χ3n) is 5.44. The minimum absolute atomic E-state index is 0.0312. The van der Waals surface area contributed by atoms with E-state index >= 15 is 0 Å². The number of anilines is 1. The van der Waals surface area contributed by atoms with Gasteiger partial charge >= 0.3 is 0 Å². The first kappa shape index (κ1) is 22.2. The molecule has 0 N–H and O–H groups in total. The monoisotopic (exact) mass is 474 g/mol. The van der Waals surface area contributed by atoms with Gasteiger partial charge in [-0.2, -0.15) is 0 Å². The summed E-state index contributed by atoms with van der Waals surface area (Å²) in [6, 6.07) is 11.2. The van der Waals surface area contributed by atoms with Crippen molar-refractivity contribution in [3.63, 3.8) is 0 Å². The summed E-state index contributed by atoms with van der Waals surface area (Å²) >= 11 is 1.38. The summed E-state index contributed by atoms with van der Waals surface area (Å²) in [6.45, 7) is 3.97. The minimum atomic E-state index is -3.50. The van der Waals surface area contributed by atoms with Gasteiger partial charge in [0.2, 0.25) is 5.91 Å². The second kappa shape index (κ2) is 8.83. The lowest BCUT2D eigenvalue weighted by Crippen LogP contribution is -2.49. The summed E-state index contributed by atoms with van der Waals surface area (Å²) in [7, 11) is -3.50. The van der Waals surface area contributed by atoms with Crippen LogP contribution in [-0.2, 0) is 14.6 Å². The molecule has 4 rings (SSSR count). The SMILES string of the molecule is Cc1ccc(S(=O)(=O)CCC(=O)N2CCN(c3nc4ccc([N+](=O)[O-])cc4s3)CC2)cc1. The third-order valence-corrected chi connectivity index (χ3v) is 8.25. The number of piperazine rings is 1. The molecule has 0 saturated carbocycles. The molecule has 0 aliphatic carbocycles. The molecule has 1 aliphatic rings. The van der Waals surface area contributed by atoms with Gasteiger partial charge < -0.3 is 9.80 Å². The van der Waals surface area contributed by atoms with Crippen molar-refractivity contribution in [1.82, 2.24) is 9.88 Å². The summed E-state index contributed by atoms with van der Waals surface area (Å²) < 4.78 is 25.7. The van der Waals surface area contributed by atoms with Gasteiger partial charge in [0.15, 0.2) is 15.0 Å². The van der Waals surface area contributed by atoms with Crippen LogP contribution >= 0.6 is 11.3 Å². The van der Waals surface area contributed by atoms with Crippen LogP contribution in [0.15, 0.2) is 47.4 Å². The van der Waals surface area contributed by atoms with Crippen LogP contribution in [0.3, 0.4) is 0 Å². The van der Waals surface area contributed by atoms with Gasteiger partial charge in [0, 0.05) is 44.7 Å². The Morgan fingerprint density at radius 3 is 2.47 bits per heavy atom. The van der Waals surface area contributed by atoms with Crippen molar-refractivity contribution in [3.8, 4) is 0 Å². The van der Waals surface area contributed by atoms with Crippen molar-refractivity contribution in [2.45, 2.75) is 18.2 Å². The van der Waals surface area contributed by atoms with Crippen molar-refractivity contribution < 1.29 is 18.1 Å². The molecule has 0 radical (unpaired) electrons. The van der Waals surface area contributed by atoms with Crippen LogP contribution in [0, 0.1) is 17.0 Å². The average molecular weight is 475 g/mol. The molecule has 0 spiro atoms.